The van der Waals surface area contributed by atoms with Crippen LogP contribution >= 0.6 is 11.6 Å². The van der Waals surface area contributed by atoms with Crippen molar-refractivity contribution in [3.8, 4) is 22.6 Å². The van der Waals surface area contributed by atoms with Crippen molar-refractivity contribution in [1.82, 2.24) is 15.1 Å². The summed E-state index contributed by atoms with van der Waals surface area (Å²) in [5.74, 6) is 0.0605. The number of ether oxygens (including phenoxy) is 2. The number of aromatic nitrogens is 2. The summed E-state index contributed by atoms with van der Waals surface area (Å²) < 4.78 is 13.7. The fraction of sp³-hybridized carbons (Fsp3) is 0.273. The summed E-state index contributed by atoms with van der Waals surface area (Å²) >= 11 is 6.17. The number of anilines is 1. The Hall–Kier alpha value is -4.83. The Morgan fingerprint density at radius 2 is 1.91 bits per heavy atom. The van der Waals surface area contributed by atoms with E-state index in [0.29, 0.717) is 55.5 Å². The van der Waals surface area contributed by atoms with Crippen LogP contribution in [0.15, 0.2) is 73.1 Å². The first kappa shape index (κ1) is 30.6. The second kappa shape index (κ2) is 14.1. The average Bonchev–Trinajstić information content (AvgIpc) is 3.48. The predicted octanol–water partition coefficient (Wildman–Crippen LogP) is 5.35. The van der Waals surface area contributed by atoms with E-state index >= 15 is 0 Å². The average molecular weight is 617 g/mol. The highest BCUT2D eigenvalue weighted by Gasteiger charge is 2.26. The topological polar surface area (TPSA) is 123 Å². The van der Waals surface area contributed by atoms with Crippen molar-refractivity contribution in [2.45, 2.75) is 32.7 Å². The van der Waals surface area contributed by atoms with Crippen molar-refractivity contribution in [2.75, 3.05) is 31.2 Å². The standard InChI is InChI=1S/C33H33ClN4O6/c1-22-27(34)9-4-11-29(22)43-16-5-12-30(39)38-15-17-44-32-26(8-3-10-28(32)38)25-19-36-37(21-25)20-23-6-2-7-24(18-23)33(42)35-14-13-31(40)41/h2-4,6-11,18-19,21H,5,12-17,20H2,1H3,(H,35,42)(H,40,41). The summed E-state index contributed by atoms with van der Waals surface area (Å²) in [4.78, 5) is 38.1. The SMILES string of the molecule is Cc1c(Cl)cccc1OCCCC(=O)N1CCOc2c(-c3cnn(Cc4cccc(C(=O)NCCC(=O)O)c4)c3)cccc21. The van der Waals surface area contributed by atoms with Gasteiger partial charge in [0, 0.05) is 46.4 Å². The van der Waals surface area contributed by atoms with Gasteiger partial charge in [-0.2, -0.15) is 5.10 Å². The lowest BCUT2D eigenvalue weighted by molar-refractivity contribution is -0.136. The molecule has 1 aliphatic heterocycles. The molecule has 2 amide bonds. The first-order valence-corrected chi connectivity index (χ1v) is 14.7. The third-order valence-electron chi connectivity index (χ3n) is 7.26. The highest BCUT2D eigenvalue weighted by atomic mass is 35.5. The molecule has 228 valence electrons. The number of nitrogens with zero attached hydrogens (tertiary/aromatic N) is 3. The van der Waals surface area contributed by atoms with Gasteiger partial charge in [0.1, 0.15) is 12.4 Å². The molecule has 44 heavy (non-hydrogen) atoms. The molecular formula is C33H33ClN4O6. The molecule has 11 heteroatoms. The number of amides is 2. The van der Waals surface area contributed by atoms with Gasteiger partial charge >= 0.3 is 5.97 Å². The largest absolute Gasteiger partial charge is 0.493 e. The molecule has 0 atom stereocenters. The van der Waals surface area contributed by atoms with Crippen LogP contribution in [0.25, 0.3) is 11.1 Å². The summed E-state index contributed by atoms with van der Waals surface area (Å²) in [5.41, 5.74) is 4.58. The molecule has 0 fully saturated rings. The van der Waals surface area contributed by atoms with Crippen LogP contribution in [0.4, 0.5) is 5.69 Å². The number of halogens is 1. The van der Waals surface area contributed by atoms with E-state index in [2.05, 4.69) is 10.4 Å². The van der Waals surface area contributed by atoms with Crippen molar-refractivity contribution in [2.24, 2.45) is 0 Å². The number of para-hydroxylation sites is 1. The third kappa shape index (κ3) is 7.38. The van der Waals surface area contributed by atoms with E-state index < -0.39 is 5.97 Å². The minimum atomic E-state index is -0.969. The first-order chi connectivity index (χ1) is 21.3. The number of hydrogen-bond donors (Lipinski definition) is 2. The Morgan fingerprint density at radius 3 is 2.75 bits per heavy atom. The maximum atomic E-state index is 13.2. The number of fused-ring (bicyclic) bond motifs is 1. The van der Waals surface area contributed by atoms with Gasteiger partial charge in [0.25, 0.3) is 5.91 Å². The Morgan fingerprint density at radius 1 is 1.09 bits per heavy atom. The van der Waals surface area contributed by atoms with Gasteiger partial charge in [-0.25, -0.2) is 0 Å². The highest BCUT2D eigenvalue weighted by molar-refractivity contribution is 6.31. The zero-order chi connectivity index (χ0) is 31.1. The van der Waals surface area contributed by atoms with Crippen LogP contribution in [0.1, 0.15) is 40.7 Å². The van der Waals surface area contributed by atoms with Crippen LogP contribution in [-0.2, 0) is 16.1 Å². The van der Waals surface area contributed by atoms with Crippen LogP contribution in [0.2, 0.25) is 5.02 Å². The molecule has 0 bridgehead atoms. The Bertz CT molecular complexity index is 1670. The third-order valence-corrected chi connectivity index (χ3v) is 7.67. The Balaban J connectivity index is 1.22. The number of carbonyl (C=O) groups is 3. The normalized spacial score (nSPS) is 12.3. The fourth-order valence-electron chi connectivity index (χ4n) is 4.99. The molecule has 3 aromatic carbocycles. The molecule has 0 spiro atoms. The zero-order valence-electron chi connectivity index (χ0n) is 24.3. The second-order valence-corrected chi connectivity index (χ2v) is 10.8. The molecule has 1 aliphatic rings. The maximum Gasteiger partial charge on any atom is 0.305 e. The van der Waals surface area contributed by atoms with Crippen molar-refractivity contribution < 1.29 is 29.0 Å². The van der Waals surface area contributed by atoms with Gasteiger partial charge in [-0.05, 0) is 49.2 Å². The molecule has 0 unspecified atom stereocenters. The van der Waals surface area contributed by atoms with Crippen LogP contribution in [0.3, 0.4) is 0 Å². The van der Waals surface area contributed by atoms with Gasteiger partial charge in [-0.15, -0.1) is 0 Å². The van der Waals surface area contributed by atoms with Gasteiger partial charge in [-0.3, -0.25) is 19.1 Å². The Kier molecular flexibility index (Phi) is 9.81. The summed E-state index contributed by atoms with van der Waals surface area (Å²) in [6.07, 6.45) is 4.40. The van der Waals surface area contributed by atoms with Crippen molar-refractivity contribution >= 4 is 35.1 Å². The summed E-state index contributed by atoms with van der Waals surface area (Å²) in [5, 5.41) is 16.6. The predicted molar refractivity (Wildman–Crippen MR) is 167 cm³/mol. The van der Waals surface area contributed by atoms with Crippen LogP contribution < -0.4 is 19.7 Å². The zero-order valence-corrected chi connectivity index (χ0v) is 25.0. The summed E-state index contributed by atoms with van der Waals surface area (Å²) in [6.45, 7) is 3.63. The van der Waals surface area contributed by atoms with Gasteiger partial charge in [0.15, 0.2) is 5.75 Å². The van der Waals surface area contributed by atoms with Gasteiger partial charge in [-0.1, -0.05) is 41.9 Å². The molecule has 2 N–H and O–H groups in total. The second-order valence-electron chi connectivity index (χ2n) is 10.4. The summed E-state index contributed by atoms with van der Waals surface area (Å²) in [7, 11) is 0. The number of nitrogens with one attached hydrogen (secondary N) is 1. The molecule has 0 saturated heterocycles. The molecule has 0 radical (unpaired) electrons. The van der Waals surface area contributed by atoms with Gasteiger partial charge < -0.3 is 24.8 Å². The molecule has 0 aliphatic carbocycles. The van der Waals surface area contributed by atoms with E-state index in [0.717, 1.165) is 33.7 Å². The van der Waals surface area contributed by atoms with E-state index in [1.54, 1.807) is 34.0 Å². The van der Waals surface area contributed by atoms with Crippen molar-refractivity contribution in [3.05, 3.63) is 94.8 Å². The lowest BCUT2D eigenvalue weighted by Gasteiger charge is -2.31. The minimum Gasteiger partial charge on any atom is -0.493 e. The summed E-state index contributed by atoms with van der Waals surface area (Å²) in [6, 6.07) is 18.4. The molecule has 0 saturated carbocycles. The first-order valence-electron chi connectivity index (χ1n) is 14.4. The van der Waals surface area contributed by atoms with E-state index in [1.807, 2.05) is 55.6 Å². The highest BCUT2D eigenvalue weighted by Crippen LogP contribution is 2.40. The number of benzene rings is 3. The van der Waals surface area contributed by atoms with E-state index in [1.165, 1.54) is 0 Å². The number of carbonyl (C=O) groups excluding carboxylic acids is 2. The lowest BCUT2D eigenvalue weighted by atomic mass is 10.1. The molecule has 2 heterocycles. The van der Waals surface area contributed by atoms with Crippen molar-refractivity contribution in [1.29, 1.82) is 0 Å². The molecule has 10 nitrogen and oxygen atoms in total. The number of hydrogen-bond acceptors (Lipinski definition) is 6. The maximum absolute atomic E-state index is 13.2. The fourth-order valence-corrected chi connectivity index (χ4v) is 5.16. The number of carboxylic acids is 1. The minimum absolute atomic E-state index is 0.000639. The van der Waals surface area contributed by atoms with E-state index in [-0.39, 0.29) is 24.8 Å². The molecule has 4 aromatic rings. The molecular weight excluding hydrogens is 584 g/mol. The van der Waals surface area contributed by atoms with E-state index in [4.69, 9.17) is 26.2 Å². The van der Waals surface area contributed by atoms with Gasteiger partial charge in [0.05, 0.1) is 38.0 Å². The lowest BCUT2D eigenvalue weighted by Crippen LogP contribution is -2.38. The molecule has 5 rings (SSSR count). The van der Waals surface area contributed by atoms with Crippen LogP contribution in [-0.4, -0.2) is 59.0 Å². The number of rotatable bonds is 12. The molecule has 1 aromatic heterocycles. The Labute approximate surface area is 260 Å². The van der Waals surface area contributed by atoms with Crippen molar-refractivity contribution in [3.63, 3.8) is 0 Å². The smallest absolute Gasteiger partial charge is 0.305 e. The van der Waals surface area contributed by atoms with Crippen LogP contribution in [0, 0.1) is 6.92 Å². The number of aliphatic carboxylic acids is 1. The van der Waals surface area contributed by atoms with E-state index in [9.17, 15) is 14.4 Å². The van der Waals surface area contributed by atoms with Gasteiger partial charge in [0.2, 0.25) is 5.91 Å². The quantitative estimate of drug-likeness (QED) is 0.206. The number of carboxylic acid groups (broad SMARTS) is 1. The van der Waals surface area contributed by atoms with Crippen LogP contribution in [0.5, 0.6) is 11.5 Å². The monoisotopic (exact) mass is 616 g/mol.